The van der Waals surface area contributed by atoms with Crippen LogP contribution in [0.5, 0.6) is 0 Å². The number of carbonyl (C=O) groups is 2. The van der Waals surface area contributed by atoms with Gasteiger partial charge < -0.3 is 0 Å². The Bertz CT molecular complexity index is 652. The average molecular weight is 397 g/mol. The Morgan fingerprint density at radius 3 is 2.21 bits per heavy atom. The van der Waals surface area contributed by atoms with Crippen molar-refractivity contribution >= 4 is 11.6 Å². The molecule has 0 radical (unpaired) electrons. The number of unbranched alkanes of at least 4 members (excludes halogenated alkanes) is 2. The van der Waals surface area contributed by atoms with E-state index in [-0.39, 0.29) is 17.5 Å². The molecular weight excluding hydrogens is 356 g/mol. The quantitative estimate of drug-likeness (QED) is 0.331. The molecule has 2 heteroatoms. The molecule has 2 fully saturated rings. The van der Waals surface area contributed by atoms with Crippen molar-refractivity contribution in [3.8, 4) is 0 Å². The van der Waals surface area contributed by atoms with Crippen molar-refractivity contribution in [1.29, 1.82) is 0 Å². The second-order valence-electron chi connectivity index (χ2n) is 9.67. The third-order valence-electron chi connectivity index (χ3n) is 7.60. The van der Waals surface area contributed by atoms with Gasteiger partial charge in [0.2, 0.25) is 0 Å². The molecular formula is C27H40O2. The van der Waals surface area contributed by atoms with Gasteiger partial charge in [-0.3, -0.25) is 9.59 Å². The van der Waals surface area contributed by atoms with Crippen LogP contribution in [-0.2, 0) is 16.0 Å². The third kappa shape index (κ3) is 6.27. The number of hydrogen-bond donors (Lipinski definition) is 0. The Kier molecular flexibility index (Phi) is 8.51. The Morgan fingerprint density at radius 1 is 0.897 bits per heavy atom. The van der Waals surface area contributed by atoms with Crippen LogP contribution in [0.25, 0.3) is 0 Å². The minimum atomic E-state index is -0.347. The van der Waals surface area contributed by atoms with Crippen LogP contribution in [0.4, 0.5) is 0 Å². The molecule has 1 aromatic rings. The van der Waals surface area contributed by atoms with Crippen molar-refractivity contribution in [3.05, 3.63) is 35.4 Å². The topological polar surface area (TPSA) is 34.1 Å². The number of rotatable bonds is 9. The zero-order valence-electron chi connectivity index (χ0n) is 18.6. The maximum atomic E-state index is 12.7. The van der Waals surface area contributed by atoms with Gasteiger partial charge in [0.15, 0.2) is 0 Å². The summed E-state index contributed by atoms with van der Waals surface area (Å²) in [6.07, 6.45) is 14.7. The Hall–Kier alpha value is -1.44. The first-order valence-electron chi connectivity index (χ1n) is 12.2. The van der Waals surface area contributed by atoms with E-state index in [9.17, 15) is 9.59 Å². The van der Waals surface area contributed by atoms with Crippen molar-refractivity contribution in [3.63, 3.8) is 0 Å². The first-order valence-corrected chi connectivity index (χ1v) is 12.2. The zero-order valence-corrected chi connectivity index (χ0v) is 18.6. The lowest BCUT2D eigenvalue weighted by Gasteiger charge is -2.29. The van der Waals surface area contributed by atoms with E-state index < -0.39 is 0 Å². The zero-order chi connectivity index (χ0) is 20.6. The molecule has 1 aromatic carbocycles. The van der Waals surface area contributed by atoms with Gasteiger partial charge >= 0.3 is 0 Å². The molecule has 0 saturated heterocycles. The summed E-state index contributed by atoms with van der Waals surface area (Å²) in [5, 5.41) is 0. The summed E-state index contributed by atoms with van der Waals surface area (Å²) in [7, 11) is 0. The Balaban J connectivity index is 1.47. The summed E-state index contributed by atoms with van der Waals surface area (Å²) in [5.41, 5.74) is 2.50. The van der Waals surface area contributed by atoms with Gasteiger partial charge in [-0.15, -0.1) is 0 Å². The molecule has 2 atom stereocenters. The number of carbonyl (C=O) groups excluding carboxylic acids is 2. The highest BCUT2D eigenvalue weighted by Crippen LogP contribution is 2.38. The van der Waals surface area contributed by atoms with Crippen LogP contribution in [-0.4, -0.2) is 11.6 Å². The monoisotopic (exact) mass is 396 g/mol. The molecule has 160 valence electrons. The van der Waals surface area contributed by atoms with Gasteiger partial charge in [-0.05, 0) is 67.4 Å². The van der Waals surface area contributed by atoms with Gasteiger partial charge in [0.1, 0.15) is 11.6 Å². The Labute approximate surface area is 177 Å². The van der Waals surface area contributed by atoms with E-state index in [1.165, 1.54) is 56.9 Å². The molecule has 2 aliphatic rings. The molecule has 0 aromatic heterocycles. The van der Waals surface area contributed by atoms with Crippen LogP contribution < -0.4 is 0 Å². The summed E-state index contributed by atoms with van der Waals surface area (Å²) >= 11 is 0. The summed E-state index contributed by atoms with van der Waals surface area (Å²) in [6, 6.07) is 8.73. The fraction of sp³-hybridized carbons (Fsp3) is 0.704. The van der Waals surface area contributed by atoms with Gasteiger partial charge in [-0.25, -0.2) is 0 Å². The lowest BCUT2D eigenvalue weighted by atomic mass is 9.76. The fourth-order valence-corrected chi connectivity index (χ4v) is 5.48. The SMILES string of the molecule is CCCCC[C@H]1CC[C@H](c2ccc(CC(=O)C3CCC(CC)CC3=O)cc2)CC1. The largest absolute Gasteiger partial charge is 0.299 e. The number of Topliss-reactive ketones (excluding diaryl/α,β-unsaturated/α-hetero) is 2. The highest BCUT2D eigenvalue weighted by molar-refractivity contribution is 6.03. The van der Waals surface area contributed by atoms with Crippen LogP contribution in [0.3, 0.4) is 0 Å². The maximum absolute atomic E-state index is 12.7. The first kappa shape index (κ1) is 22.2. The van der Waals surface area contributed by atoms with Gasteiger partial charge in [0.05, 0.1) is 5.92 Å². The number of ketones is 2. The van der Waals surface area contributed by atoms with Crippen molar-refractivity contribution in [2.45, 2.75) is 103 Å². The highest BCUT2D eigenvalue weighted by atomic mass is 16.1. The van der Waals surface area contributed by atoms with E-state index in [2.05, 4.69) is 38.1 Å². The van der Waals surface area contributed by atoms with Crippen LogP contribution in [0.15, 0.2) is 24.3 Å². The fourth-order valence-electron chi connectivity index (χ4n) is 5.48. The average Bonchev–Trinajstić information content (AvgIpc) is 2.75. The molecule has 2 unspecified atom stereocenters. The lowest BCUT2D eigenvalue weighted by Crippen LogP contribution is -2.31. The summed E-state index contributed by atoms with van der Waals surface area (Å²) < 4.78 is 0. The van der Waals surface area contributed by atoms with Gasteiger partial charge in [-0.1, -0.05) is 70.2 Å². The van der Waals surface area contributed by atoms with E-state index in [1.807, 2.05) is 0 Å². The second kappa shape index (κ2) is 11.1. The van der Waals surface area contributed by atoms with Crippen molar-refractivity contribution in [1.82, 2.24) is 0 Å². The van der Waals surface area contributed by atoms with E-state index in [4.69, 9.17) is 0 Å². The number of hydrogen-bond acceptors (Lipinski definition) is 2. The van der Waals surface area contributed by atoms with Gasteiger partial charge in [0, 0.05) is 12.8 Å². The molecule has 0 aliphatic heterocycles. The second-order valence-corrected chi connectivity index (χ2v) is 9.67. The van der Waals surface area contributed by atoms with E-state index in [0.29, 0.717) is 24.7 Å². The molecule has 0 bridgehead atoms. The minimum absolute atomic E-state index is 0.130. The molecule has 0 N–H and O–H groups in total. The predicted octanol–water partition coefficient (Wildman–Crippen LogP) is 7.05. The van der Waals surface area contributed by atoms with E-state index in [1.54, 1.807) is 0 Å². The predicted molar refractivity (Wildman–Crippen MR) is 120 cm³/mol. The van der Waals surface area contributed by atoms with Gasteiger partial charge in [-0.2, -0.15) is 0 Å². The molecule has 2 aliphatic carbocycles. The highest BCUT2D eigenvalue weighted by Gasteiger charge is 2.32. The van der Waals surface area contributed by atoms with Crippen molar-refractivity contribution in [2.24, 2.45) is 17.8 Å². The lowest BCUT2D eigenvalue weighted by molar-refractivity contribution is -0.135. The van der Waals surface area contributed by atoms with Crippen LogP contribution in [0.2, 0.25) is 0 Å². The molecule has 0 amide bonds. The summed E-state index contributed by atoms with van der Waals surface area (Å²) in [5.74, 6) is 2.08. The first-order chi connectivity index (χ1) is 14.1. The smallest absolute Gasteiger partial charge is 0.147 e. The van der Waals surface area contributed by atoms with Crippen LogP contribution in [0, 0.1) is 17.8 Å². The molecule has 0 spiro atoms. The molecule has 2 nitrogen and oxygen atoms in total. The van der Waals surface area contributed by atoms with Crippen LogP contribution in [0.1, 0.15) is 108 Å². The van der Waals surface area contributed by atoms with Crippen LogP contribution >= 0.6 is 0 Å². The summed E-state index contributed by atoms with van der Waals surface area (Å²) in [6.45, 7) is 4.42. The molecule has 2 saturated carbocycles. The standard InChI is InChI=1S/C27H40O2/c1-3-5-6-7-21-8-13-23(14-9-21)24-15-10-22(11-16-24)19-27(29)25-17-12-20(4-2)18-26(25)28/h10-11,15-16,20-21,23,25H,3-9,12-14,17-19H2,1-2H3/t20?,21-,23-,25?. The van der Waals surface area contributed by atoms with Crippen molar-refractivity contribution < 1.29 is 9.59 Å². The molecule has 0 heterocycles. The van der Waals surface area contributed by atoms with E-state index in [0.717, 1.165) is 30.7 Å². The van der Waals surface area contributed by atoms with Gasteiger partial charge in [0.25, 0.3) is 0 Å². The third-order valence-corrected chi connectivity index (χ3v) is 7.60. The minimum Gasteiger partial charge on any atom is -0.299 e. The number of benzene rings is 1. The Morgan fingerprint density at radius 2 is 1.59 bits per heavy atom. The molecule has 29 heavy (non-hydrogen) atoms. The summed E-state index contributed by atoms with van der Waals surface area (Å²) in [4.78, 5) is 25.0. The van der Waals surface area contributed by atoms with Crippen molar-refractivity contribution in [2.75, 3.05) is 0 Å². The normalized spacial score (nSPS) is 27.7. The molecule has 3 rings (SSSR count). The van der Waals surface area contributed by atoms with E-state index >= 15 is 0 Å². The maximum Gasteiger partial charge on any atom is 0.147 e.